The van der Waals surface area contributed by atoms with Gasteiger partial charge >= 0.3 is 5.97 Å². The van der Waals surface area contributed by atoms with Crippen molar-refractivity contribution < 1.29 is 9.90 Å². The van der Waals surface area contributed by atoms with Gasteiger partial charge in [-0.15, -0.1) is 0 Å². The molecule has 0 bridgehead atoms. The summed E-state index contributed by atoms with van der Waals surface area (Å²) in [5.41, 5.74) is 1.14. The molecule has 0 atom stereocenters. The second kappa shape index (κ2) is 4.65. The second-order valence-corrected chi connectivity index (χ2v) is 4.39. The summed E-state index contributed by atoms with van der Waals surface area (Å²) in [5, 5.41) is 9.19. The van der Waals surface area contributed by atoms with Crippen LogP contribution in [0.25, 0.3) is 11.0 Å². The van der Waals surface area contributed by atoms with Crippen molar-refractivity contribution in [3.63, 3.8) is 0 Å². The van der Waals surface area contributed by atoms with Gasteiger partial charge in [0, 0.05) is 12.7 Å². The monoisotopic (exact) mass is 269 g/mol. The van der Waals surface area contributed by atoms with Gasteiger partial charge in [0.2, 0.25) is 0 Å². The standard InChI is InChI=1S/C14H11N3O3/c18-13-12-11(15-8-16-13)10(14(19)20)7-17(12)6-9-4-2-1-3-5-9/h1-5,7-8H,6H2,(H,19,20)(H,15,16,18). The van der Waals surface area contributed by atoms with E-state index in [1.165, 1.54) is 12.5 Å². The molecule has 2 aromatic heterocycles. The molecule has 2 heterocycles. The smallest absolute Gasteiger partial charge is 0.339 e. The molecule has 100 valence electrons. The quantitative estimate of drug-likeness (QED) is 0.753. The highest BCUT2D eigenvalue weighted by molar-refractivity contribution is 6.01. The molecule has 0 aliphatic heterocycles. The number of hydrogen-bond acceptors (Lipinski definition) is 3. The summed E-state index contributed by atoms with van der Waals surface area (Å²) in [4.78, 5) is 29.6. The molecule has 0 radical (unpaired) electrons. The number of aromatic nitrogens is 3. The number of H-pyrrole nitrogens is 1. The van der Waals surface area contributed by atoms with E-state index >= 15 is 0 Å². The zero-order valence-electron chi connectivity index (χ0n) is 10.4. The number of aromatic carboxylic acids is 1. The molecule has 0 spiro atoms. The number of fused-ring (bicyclic) bond motifs is 1. The van der Waals surface area contributed by atoms with Crippen molar-refractivity contribution in [2.75, 3.05) is 0 Å². The van der Waals surface area contributed by atoms with Crippen LogP contribution in [0.5, 0.6) is 0 Å². The van der Waals surface area contributed by atoms with Gasteiger partial charge in [0.15, 0.2) is 0 Å². The summed E-state index contributed by atoms with van der Waals surface area (Å²) < 4.78 is 1.61. The maximum atomic E-state index is 11.9. The molecular weight excluding hydrogens is 258 g/mol. The number of carboxylic acids is 1. The summed E-state index contributed by atoms with van der Waals surface area (Å²) in [7, 11) is 0. The van der Waals surface area contributed by atoms with Gasteiger partial charge in [0.25, 0.3) is 5.56 Å². The molecule has 3 rings (SSSR count). The van der Waals surface area contributed by atoms with Crippen LogP contribution in [0.2, 0.25) is 0 Å². The van der Waals surface area contributed by atoms with Gasteiger partial charge in [0.1, 0.15) is 16.6 Å². The molecule has 0 aliphatic rings. The predicted molar refractivity (Wildman–Crippen MR) is 72.9 cm³/mol. The minimum atomic E-state index is -1.10. The van der Waals surface area contributed by atoms with E-state index in [2.05, 4.69) is 9.97 Å². The largest absolute Gasteiger partial charge is 0.478 e. The Hall–Kier alpha value is -2.89. The number of nitrogens with one attached hydrogen (secondary N) is 1. The van der Waals surface area contributed by atoms with E-state index in [9.17, 15) is 14.7 Å². The Labute approximate surface area is 113 Å². The van der Waals surface area contributed by atoms with E-state index in [0.29, 0.717) is 6.54 Å². The summed E-state index contributed by atoms with van der Waals surface area (Å²) in [5.74, 6) is -1.10. The normalized spacial score (nSPS) is 10.8. The maximum absolute atomic E-state index is 11.9. The topological polar surface area (TPSA) is 88.0 Å². The van der Waals surface area contributed by atoms with Gasteiger partial charge < -0.3 is 14.7 Å². The number of benzene rings is 1. The fraction of sp³-hybridized carbons (Fsp3) is 0.0714. The summed E-state index contributed by atoms with van der Waals surface area (Å²) in [6, 6.07) is 9.51. The first-order chi connectivity index (χ1) is 9.66. The molecule has 0 saturated heterocycles. The maximum Gasteiger partial charge on any atom is 0.339 e. The van der Waals surface area contributed by atoms with E-state index in [4.69, 9.17) is 0 Å². The Kier molecular flexibility index (Phi) is 2.83. The minimum absolute atomic E-state index is 0.0297. The Morgan fingerprint density at radius 2 is 2.05 bits per heavy atom. The summed E-state index contributed by atoms with van der Waals surface area (Å²) >= 11 is 0. The molecule has 0 aliphatic carbocycles. The lowest BCUT2D eigenvalue weighted by Crippen LogP contribution is -2.11. The van der Waals surface area contributed by atoms with Crippen LogP contribution in [0.3, 0.4) is 0 Å². The Bertz CT molecular complexity index is 834. The van der Waals surface area contributed by atoms with Crippen molar-refractivity contribution in [3.05, 3.63) is 64.3 Å². The van der Waals surface area contributed by atoms with Gasteiger partial charge in [-0.3, -0.25) is 4.79 Å². The highest BCUT2D eigenvalue weighted by Crippen LogP contribution is 2.17. The van der Waals surface area contributed by atoms with Gasteiger partial charge in [-0.25, -0.2) is 9.78 Å². The third-order valence-electron chi connectivity index (χ3n) is 3.08. The van der Waals surface area contributed by atoms with Crippen molar-refractivity contribution in [3.8, 4) is 0 Å². The first kappa shape index (κ1) is 12.2. The van der Waals surface area contributed by atoms with Crippen LogP contribution < -0.4 is 5.56 Å². The van der Waals surface area contributed by atoms with Gasteiger partial charge in [-0.2, -0.15) is 0 Å². The number of hydrogen-bond donors (Lipinski definition) is 2. The highest BCUT2D eigenvalue weighted by Gasteiger charge is 2.17. The molecule has 3 aromatic rings. The average molecular weight is 269 g/mol. The average Bonchev–Trinajstić information content (AvgIpc) is 2.80. The zero-order valence-corrected chi connectivity index (χ0v) is 10.4. The first-order valence-corrected chi connectivity index (χ1v) is 6.00. The third kappa shape index (κ3) is 1.97. The molecule has 1 aromatic carbocycles. The van der Waals surface area contributed by atoms with E-state index in [-0.39, 0.29) is 22.2 Å². The number of aromatic amines is 1. The van der Waals surface area contributed by atoms with Crippen LogP contribution in [-0.2, 0) is 6.54 Å². The van der Waals surface area contributed by atoms with Crippen molar-refractivity contribution in [1.82, 2.24) is 14.5 Å². The van der Waals surface area contributed by atoms with Crippen LogP contribution in [0.4, 0.5) is 0 Å². The fourth-order valence-electron chi connectivity index (χ4n) is 2.20. The van der Waals surface area contributed by atoms with Crippen LogP contribution in [0.15, 0.2) is 47.7 Å². The molecule has 2 N–H and O–H groups in total. The van der Waals surface area contributed by atoms with Crippen molar-refractivity contribution in [2.45, 2.75) is 6.54 Å². The zero-order chi connectivity index (χ0) is 14.1. The number of nitrogens with zero attached hydrogens (tertiary/aromatic N) is 2. The van der Waals surface area contributed by atoms with Crippen LogP contribution in [-0.4, -0.2) is 25.6 Å². The Morgan fingerprint density at radius 1 is 1.30 bits per heavy atom. The Balaban J connectivity index is 2.21. The molecule has 0 unspecified atom stereocenters. The number of carboxylic acid groups (broad SMARTS) is 1. The number of rotatable bonds is 3. The SMILES string of the molecule is O=C(O)c1cn(Cc2ccccc2)c2c(=O)[nH]cnc12. The van der Waals surface area contributed by atoms with Crippen molar-refractivity contribution in [1.29, 1.82) is 0 Å². The Morgan fingerprint density at radius 3 is 2.75 bits per heavy atom. The summed E-state index contributed by atoms with van der Waals surface area (Å²) in [6.07, 6.45) is 2.66. The van der Waals surface area contributed by atoms with E-state index < -0.39 is 5.97 Å². The number of carbonyl (C=O) groups is 1. The fourth-order valence-corrected chi connectivity index (χ4v) is 2.20. The lowest BCUT2D eigenvalue weighted by Gasteiger charge is -2.04. The predicted octanol–water partition coefficient (Wildman–Crippen LogP) is 1.47. The molecular formula is C14H11N3O3. The molecule has 0 saturated carbocycles. The van der Waals surface area contributed by atoms with E-state index in [0.717, 1.165) is 5.56 Å². The highest BCUT2D eigenvalue weighted by atomic mass is 16.4. The van der Waals surface area contributed by atoms with Gasteiger partial charge in [-0.1, -0.05) is 30.3 Å². The molecule has 0 fully saturated rings. The molecule has 0 amide bonds. The van der Waals surface area contributed by atoms with Crippen LogP contribution in [0, 0.1) is 0 Å². The van der Waals surface area contributed by atoms with Crippen molar-refractivity contribution >= 4 is 17.0 Å². The minimum Gasteiger partial charge on any atom is -0.478 e. The lowest BCUT2D eigenvalue weighted by atomic mass is 10.2. The summed E-state index contributed by atoms with van der Waals surface area (Å²) in [6.45, 7) is 0.416. The molecule has 6 heteroatoms. The van der Waals surface area contributed by atoms with Gasteiger partial charge in [0.05, 0.1) is 6.33 Å². The van der Waals surface area contributed by atoms with E-state index in [1.54, 1.807) is 4.57 Å². The molecule has 20 heavy (non-hydrogen) atoms. The van der Waals surface area contributed by atoms with Gasteiger partial charge in [-0.05, 0) is 5.56 Å². The van der Waals surface area contributed by atoms with Crippen molar-refractivity contribution in [2.24, 2.45) is 0 Å². The third-order valence-corrected chi connectivity index (χ3v) is 3.08. The second-order valence-electron chi connectivity index (χ2n) is 4.39. The van der Waals surface area contributed by atoms with E-state index in [1.807, 2.05) is 30.3 Å². The first-order valence-electron chi connectivity index (χ1n) is 6.00. The van der Waals surface area contributed by atoms with Crippen LogP contribution >= 0.6 is 0 Å². The molecule has 6 nitrogen and oxygen atoms in total. The van der Waals surface area contributed by atoms with Crippen LogP contribution in [0.1, 0.15) is 15.9 Å². The lowest BCUT2D eigenvalue weighted by molar-refractivity contribution is 0.0698.